The predicted octanol–water partition coefficient (Wildman–Crippen LogP) is 1.52. The van der Waals surface area contributed by atoms with E-state index >= 15 is 0 Å². The van der Waals surface area contributed by atoms with Crippen LogP contribution in [0.1, 0.15) is 6.42 Å². The summed E-state index contributed by atoms with van der Waals surface area (Å²) in [4.78, 5) is 41.1. The molecular weight excluding hydrogens is 308 g/mol. The van der Waals surface area contributed by atoms with Crippen molar-refractivity contribution in [1.82, 2.24) is 0 Å². The fourth-order valence-electron chi connectivity index (χ4n) is 1.35. The maximum Gasteiger partial charge on any atom is 0.317 e. The van der Waals surface area contributed by atoms with Crippen LogP contribution in [-0.4, -0.2) is 37.2 Å². The lowest BCUT2D eigenvalue weighted by molar-refractivity contribution is -0.396. The molecule has 0 aliphatic rings. The fraction of sp³-hybridized carbons (Fsp3) is 0.200. The van der Waals surface area contributed by atoms with E-state index < -0.39 is 44.8 Å². The summed E-state index contributed by atoms with van der Waals surface area (Å²) in [7, 11) is 0. The molecule has 0 amide bonds. The Kier molecular flexibility index (Phi) is 5.18. The maximum atomic E-state index is 10.9. The zero-order valence-corrected chi connectivity index (χ0v) is 11.0. The van der Waals surface area contributed by atoms with E-state index in [2.05, 4.69) is 0 Å². The Morgan fingerprint density at radius 1 is 1.19 bits per heavy atom. The average Bonchev–Trinajstić information content (AvgIpc) is 2.37. The normalized spacial score (nSPS) is 11.6. The van der Waals surface area contributed by atoms with Gasteiger partial charge in [0.15, 0.2) is 0 Å². The van der Waals surface area contributed by atoms with Crippen molar-refractivity contribution in [2.24, 2.45) is 0 Å². The molecule has 0 saturated carbocycles. The zero-order chi connectivity index (χ0) is 16.2. The van der Waals surface area contributed by atoms with Gasteiger partial charge in [0.05, 0.1) is 27.2 Å². The van der Waals surface area contributed by atoms with Crippen molar-refractivity contribution in [2.45, 2.75) is 16.6 Å². The molecule has 1 aromatic carbocycles. The quantitative estimate of drug-likeness (QED) is 0.431. The Morgan fingerprint density at radius 3 is 2.24 bits per heavy atom. The van der Waals surface area contributed by atoms with Gasteiger partial charge in [0.2, 0.25) is 0 Å². The summed E-state index contributed by atoms with van der Waals surface area (Å²) in [5.74, 6) is -2.82. The molecule has 112 valence electrons. The number of hydrogen-bond donors (Lipinski definition) is 2. The molecule has 0 aliphatic carbocycles. The van der Waals surface area contributed by atoms with Gasteiger partial charge < -0.3 is 10.2 Å². The Hall–Kier alpha value is -2.69. The maximum absolute atomic E-state index is 10.9. The molecule has 0 spiro atoms. The van der Waals surface area contributed by atoms with Crippen LogP contribution in [0.5, 0.6) is 0 Å². The molecular formula is C10H8N2O8S. The van der Waals surface area contributed by atoms with Gasteiger partial charge in [-0.15, -0.1) is 11.8 Å². The minimum absolute atomic E-state index is 0.153. The number of hydrogen-bond acceptors (Lipinski definition) is 7. The van der Waals surface area contributed by atoms with Crippen LogP contribution < -0.4 is 0 Å². The number of thioether (sulfide) groups is 1. The molecule has 11 heteroatoms. The van der Waals surface area contributed by atoms with Crippen LogP contribution in [-0.2, 0) is 9.59 Å². The minimum atomic E-state index is -1.45. The highest BCUT2D eigenvalue weighted by molar-refractivity contribution is 8.00. The molecule has 0 heterocycles. The van der Waals surface area contributed by atoms with Crippen molar-refractivity contribution < 1.29 is 29.6 Å². The average molecular weight is 316 g/mol. The third-order valence-corrected chi connectivity index (χ3v) is 3.51. The van der Waals surface area contributed by atoms with Crippen LogP contribution in [0.3, 0.4) is 0 Å². The number of nitrogens with zero attached hydrogens (tertiary/aromatic N) is 2. The predicted molar refractivity (Wildman–Crippen MR) is 69.3 cm³/mol. The van der Waals surface area contributed by atoms with Gasteiger partial charge in [-0.1, -0.05) is 0 Å². The second kappa shape index (κ2) is 6.65. The zero-order valence-electron chi connectivity index (χ0n) is 10.2. The van der Waals surface area contributed by atoms with Gasteiger partial charge in [-0.05, 0) is 6.07 Å². The van der Waals surface area contributed by atoms with Crippen molar-refractivity contribution in [3.8, 4) is 0 Å². The lowest BCUT2D eigenvalue weighted by atomic mass is 10.3. The molecule has 0 saturated heterocycles. The highest BCUT2D eigenvalue weighted by Gasteiger charge is 2.27. The first kappa shape index (κ1) is 16.4. The smallest absolute Gasteiger partial charge is 0.317 e. The summed E-state index contributed by atoms with van der Waals surface area (Å²) in [5, 5.41) is 37.5. The Bertz CT molecular complexity index is 617. The highest BCUT2D eigenvalue weighted by atomic mass is 32.2. The van der Waals surface area contributed by atoms with Gasteiger partial charge in [-0.3, -0.25) is 29.8 Å². The largest absolute Gasteiger partial charge is 0.481 e. The first-order valence-corrected chi connectivity index (χ1v) is 6.14. The van der Waals surface area contributed by atoms with Gasteiger partial charge in [0.25, 0.3) is 11.4 Å². The molecule has 1 rings (SSSR count). The summed E-state index contributed by atoms with van der Waals surface area (Å²) in [6.07, 6.45) is -0.742. The lowest BCUT2D eigenvalue weighted by Crippen LogP contribution is -2.20. The number of nitro groups is 2. The van der Waals surface area contributed by atoms with E-state index in [1.54, 1.807) is 0 Å². The van der Waals surface area contributed by atoms with Crippen molar-refractivity contribution in [3.63, 3.8) is 0 Å². The number of nitro benzene ring substituents is 2. The Balaban J connectivity index is 3.16. The van der Waals surface area contributed by atoms with Gasteiger partial charge in [-0.2, -0.15) is 0 Å². The number of non-ortho nitro benzene ring substituents is 1. The lowest BCUT2D eigenvalue weighted by Gasteiger charge is -2.09. The second-order valence-electron chi connectivity index (χ2n) is 3.71. The summed E-state index contributed by atoms with van der Waals surface area (Å²) >= 11 is 0.456. The second-order valence-corrected chi connectivity index (χ2v) is 4.95. The standard InChI is InChI=1S/C10H8N2O8S/c13-9(14)4-8(10(15)16)21-7-2-1-5(11(17)18)3-6(7)12(19)20/h1-3,8H,4H2,(H,13,14)(H,15,16)/t8-/m1/s1. The van der Waals surface area contributed by atoms with E-state index in [0.29, 0.717) is 17.8 Å². The summed E-state index contributed by atoms with van der Waals surface area (Å²) < 4.78 is 0. The van der Waals surface area contributed by atoms with Crippen LogP contribution in [0.4, 0.5) is 11.4 Å². The molecule has 0 unspecified atom stereocenters. The van der Waals surface area contributed by atoms with Crippen LogP contribution in [0, 0.1) is 20.2 Å². The molecule has 0 aliphatic heterocycles. The van der Waals surface area contributed by atoms with Crippen molar-refractivity contribution in [2.75, 3.05) is 0 Å². The minimum Gasteiger partial charge on any atom is -0.481 e. The van der Waals surface area contributed by atoms with Gasteiger partial charge in [0, 0.05) is 6.07 Å². The molecule has 1 atom stereocenters. The summed E-state index contributed by atoms with van der Waals surface area (Å²) in [6, 6.07) is 2.70. The SMILES string of the molecule is O=C(O)C[C@@H](Sc1ccc([N+](=O)[O-])cc1[N+](=O)[O-])C(=O)O. The van der Waals surface area contributed by atoms with Crippen LogP contribution in [0.2, 0.25) is 0 Å². The molecule has 2 N–H and O–H groups in total. The van der Waals surface area contributed by atoms with Crippen molar-refractivity contribution in [3.05, 3.63) is 38.4 Å². The first-order chi connectivity index (χ1) is 9.72. The molecule has 0 aromatic heterocycles. The van der Waals surface area contributed by atoms with E-state index in [0.717, 1.165) is 12.1 Å². The van der Waals surface area contributed by atoms with Crippen LogP contribution in [0.15, 0.2) is 23.1 Å². The van der Waals surface area contributed by atoms with E-state index in [1.165, 1.54) is 0 Å². The monoisotopic (exact) mass is 316 g/mol. The van der Waals surface area contributed by atoms with Crippen LogP contribution in [0.25, 0.3) is 0 Å². The fourth-order valence-corrected chi connectivity index (χ4v) is 2.39. The number of carboxylic acid groups (broad SMARTS) is 2. The first-order valence-electron chi connectivity index (χ1n) is 5.26. The van der Waals surface area contributed by atoms with Gasteiger partial charge in [0.1, 0.15) is 5.25 Å². The van der Waals surface area contributed by atoms with E-state index in [-0.39, 0.29) is 4.90 Å². The van der Waals surface area contributed by atoms with Gasteiger partial charge >= 0.3 is 11.9 Å². The third kappa shape index (κ3) is 4.42. The topological polar surface area (TPSA) is 161 Å². The molecule has 0 fully saturated rings. The summed E-state index contributed by atoms with van der Waals surface area (Å²) in [6.45, 7) is 0. The summed E-state index contributed by atoms with van der Waals surface area (Å²) in [5.41, 5.74) is -1.16. The van der Waals surface area contributed by atoms with Crippen molar-refractivity contribution >= 4 is 35.1 Å². The van der Waals surface area contributed by atoms with Gasteiger partial charge in [-0.25, -0.2) is 0 Å². The van der Waals surface area contributed by atoms with Crippen LogP contribution >= 0.6 is 11.8 Å². The molecule has 0 radical (unpaired) electrons. The van der Waals surface area contributed by atoms with E-state index in [1.807, 2.05) is 0 Å². The number of rotatable bonds is 7. The molecule has 10 nitrogen and oxygen atoms in total. The Labute approximate surface area is 120 Å². The molecule has 0 bridgehead atoms. The van der Waals surface area contributed by atoms with Crippen molar-refractivity contribution in [1.29, 1.82) is 0 Å². The number of carbonyl (C=O) groups is 2. The number of benzene rings is 1. The highest BCUT2D eigenvalue weighted by Crippen LogP contribution is 2.35. The Morgan fingerprint density at radius 2 is 1.81 bits per heavy atom. The third-order valence-electron chi connectivity index (χ3n) is 2.25. The van der Waals surface area contributed by atoms with E-state index in [4.69, 9.17) is 10.2 Å². The number of aliphatic carboxylic acids is 2. The molecule has 21 heavy (non-hydrogen) atoms. The molecule has 1 aromatic rings. The number of carboxylic acids is 2. The van der Waals surface area contributed by atoms with E-state index in [9.17, 15) is 29.8 Å².